The number of oxazole rings is 1. The average molecular weight is 383 g/mol. The lowest BCUT2D eigenvalue weighted by Crippen LogP contribution is -2.34. The van der Waals surface area contributed by atoms with E-state index < -0.39 is 0 Å². The van der Waals surface area contributed by atoms with Crippen LogP contribution in [0.1, 0.15) is 25.3 Å². The number of aryl methyl sites for hydroxylation is 1. The number of carbonyl (C=O) groups is 1. The molecule has 1 amide bonds. The molecule has 140 valence electrons. The van der Waals surface area contributed by atoms with Crippen molar-refractivity contribution in [2.45, 2.75) is 26.7 Å². The highest BCUT2D eigenvalue weighted by Gasteiger charge is 2.12. The molecule has 1 aromatic heterocycles. The molecule has 0 aliphatic heterocycles. The third kappa shape index (κ3) is 4.43. The van der Waals surface area contributed by atoms with Crippen LogP contribution in [0.5, 0.6) is 5.75 Å². The van der Waals surface area contributed by atoms with E-state index in [2.05, 4.69) is 15.6 Å². The van der Waals surface area contributed by atoms with Crippen LogP contribution in [0.15, 0.2) is 40.8 Å². The summed E-state index contributed by atoms with van der Waals surface area (Å²) < 4.78 is 11.1. The summed E-state index contributed by atoms with van der Waals surface area (Å²) in [6, 6.07) is 11.3. The van der Waals surface area contributed by atoms with Crippen LogP contribution in [0.2, 0.25) is 0 Å². The smallest absolute Gasteiger partial charge is 0.227 e. The second kappa shape index (κ2) is 8.18. The Morgan fingerprint density at radius 3 is 2.81 bits per heavy atom. The number of amides is 1. The summed E-state index contributed by atoms with van der Waals surface area (Å²) in [5, 5.41) is 6.02. The van der Waals surface area contributed by atoms with Gasteiger partial charge in [-0.15, -0.1) is 0 Å². The lowest BCUT2D eigenvalue weighted by molar-refractivity contribution is -0.119. The highest BCUT2D eigenvalue weighted by atomic mass is 32.1. The van der Waals surface area contributed by atoms with Crippen molar-refractivity contribution in [3.05, 3.63) is 42.0 Å². The maximum absolute atomic E-state index is 11.7. The molecule has 27 heavy (non-hydrogen) atoms. The number of thiocarbonyl (C=S) groups is 1. The number of nitrogens with zero attached hydrogens (tertiary/aromatic N) is 1. The van der Waals surface area contributed by atoms with Gasteiger partial charge in [0.05, 0.1) is 7.11 Å². The first-order valence-corrected chi connectivity index (χ1v) is 9.07. The maximum Gasteiger partial charge on any atom is 0.227 e. The molecule has 7 heteroatoms. The van der Waals surface area contributed by atoms with Crippen molar-refractivity contribution in [2.24, 2.45) is 0 Å². The Kier molecular flexibility index (Phi) is 5.71. The summed E-state index contributed by atoms with van der Waals surface area (Å²) in [5.74, 6) is 1.13. The minimum absolute atomic E-state index is 0.100. The first-order valence-electron chi connectivity index (χ1n) is 8.66. The monoisotopic (exact) mass is 383 g/mol. The Morgan fingerprint density at radius 1 is 1.26 bits per heavy atom. The molecule has 0 aliphatic rings. The minimum Gasteiger partial charge on any atom is -0.497 e. The minimum atomic E-state index is -0.100. The van der Waals surface area contributed by atoms with Gasteiger partial charge >= 0.3 is 0 Å². The number of carbonyl (C=O) groups excluding carboxylic acids is 1. The topological polar surface area (TPSA) is 76.4 Å². The van der Waals surface area contributed by atoms with Gasteiger partial charge in [-0.05, 0) is 55.4 Å². The van der Waals surface area contributed by atoms with Crippen LogP contribution in [-0.4, -0.2) is 23.1 Å². The normalized spacial score (nSPS) is 10.6. The van der Waals surface area contributed by atoms with E-state index in [0.717, 1.165) is 34.5 Å². The zero-order valence-corrected chi connectivity index (χ0v) is 16.3. The molecule has 0 radical (unpaired) electrons. The van der Waals surface area contributed by atoms with Crippen LogP contribution in [0.25, 0.3) is 22.6 Å². The highest BCUT2D eigenvalue weighted by Crippen LogP contribution is 2.29. The second-order valence-corrected chi connectivity index (χ2v) is 6.54. The summed E-state index contributed by atoms with van der Waals surface area (Å²) >= 11 is 5.23. The fourth-order valence-corrected chi connectivity index (χ4v) is 2.84. The maximum atomic E-state index is 11.7. The summed E-state index contributed by atoms with van der Waals surface area (Å²) in [6.45, 7) is 3.90. The van der Waals surface area contributed by atoms with Gasteiger partial charge in [0, 0.05) is 23.7 Å². The number of benzene rings is 2. The van der Waals surface area contributed by atoms with E-state index in [9.17, 15) is 4.79 Å². The Morgan fingerprint density at radius 2 is 2.07 bits per heavy atom. The molecule has 0 saturated carbocycles. The first-order chi connectivity index (χ1) is 13.0. The highest BCUT2D eigenvalue weighted by molar-refractivity contribution is 7.80. The largest absolute Gasteiger partial charge is 0.497 e. The van der Waals surface area contributed by atoms with E-state index in [0.29, 0.717) is 17.9 Å². The molecule has 1 heterocycles. The third-order valence-corrected chi connectivity index (χ3v) is 4.26. The van der Waals surface area contributed by atoms with Crippen LogP contribution in [-0.2, 0) is 4.79 Å². The molecule has 3 rings (SSSR count). The summed E-state index contributed by atoms with van der Waals surface area (Å²) in [5.41, 5.74) is 3.99. The van der Waals surface area contributed by atoms with Crippen LogP contribution in [0.3, 0.4) is 0 Å². The molecule has 0 saturated heterocycles. The van der Waals surface area contributed by atoms with Gasteiger partial charge in [-0.2, -0.15) is 0 Å². The number of nitrogens with one attached hydrogen (secondary N) is 2. The molecular formula is C20H21N3O3S. The first kappa shape index (κ1) is 18.8. The SMILES string of the molecule is CCCC(=O)NC(=S)Nc1cc(-c2nc3cc(OC)ccc3o2)ccc1C. The van der Waals surface area contributed by atoms with E-state index in [4.69, 9.17) is 21.4 Å². The lowest BCUT2D eigenvalue weighted by atomic mass is 10.1. The molecule has 3 aromatic rings. The standard InChI is InChI=1S/C20H21N3O3S/c1-4-5-18(24)23-20(27)22-15-10-13(7-6-12(15)2)19-21-16-11-14(25-3)8-9-17(16)26-19/h6-11H,4-5H2,1-3H3,(H2,22,23,24,27). The Hall–Kier alpha value is -2.93. The average Bonchev–Trinajstić information content (AvgIpc) is 3.06. The molecule has 0 atom stereocenters. The van der Waals surface area contributed by atoms with E-state index in [1.165, 1.54) is 0 Å². The van der Waals surface area contributed by atoms with Gasteiger partial charge in [-0.25, -0.2) is 4.98 Å². The van der Waals surface area contributed by atoms with Crippen molar-refractivity contribution in [2.75, 3.05) is 12.4 Å². The predicted molar refractivity (Wildman–Crippen MR) is 110 cm³/mol. The van der Waals surface area contributed by atoms with E-state index >= 15 is 0 Å². The zero-order valence-electron chi connectivity index (χ0n) is 15.5. The van der Waals surface area contributed by atoms with Crippen LogP contribution in [0, 0.1) is 6.92 Å². The van der Waals surface area contributed by atoms with E-state index in [1.807, 2.05) is 50.2 Å². The number of aromatic nitrogens is 1. The van der Waals surface area contributed by atoms with Crippen molar-refractivity contribution in [3.8, 4) is 17.2 Å². The Bertz CT molecular complexity index is 997. The number of hydrogen-bond donors (Lipinski definition) is 2. The van der Waals surface area contributed by atoms with Crippen molar-refractivity contribution >= 4 is 40.0 Å². The molecule has 0 unspecified atom stereocenters. The van der Waals surface area contributed by atoms with Gasteiger partial charge in [-0.3, -0.25) is 4.79 Å². The van der Waals surface area contributed by atoms with Crippen molar-refractivity contribution in [1.29, 1.82) is 0 Å². The molecule has 2 N–H and O–H groups in total. The van der Waals surface area contributed by atoms with Gasteiger partial charge < -0.3 is 19.8 Å². The number of rotatable bonds is 5. The van der Waals surface area contributed by atoms with Crippen molar-refractivity contribution in [3.63, 3.8) is 0 Å². The molecule has 0 aliphatic carbocycles. The van der Waals surface area contributed by atoms with Crippen LogP contribution < -0.4 is 15.4 Å². The van der Waals surface area contributed by atoms with Gasteiger partial charge in [0.15, 0.2) is 10.7 Å². The fraction of sp³-hybridized carbons (Fsp3) is 0.250. The summed E-state index contributed by atoms with van der Waals surface area (Å²) in [4.78, 5) is 16.2. The third-order valence-electron chi connectivity index (χ3n) is 4.06. The number of anilines is 1. The lowest BCUT2D eigenvalue weighted by Gasteiger charge is -2.12. The molecule has 0 spiro atoms. The summed E-state index contributed by atoms with van der Waals surface area (Å²) in [7, 11) is 1.61. The molecular weight excluding hydrogens is 362 g/mol. The number of methoxy groups -OCH3 is 1. The molecule has 0 bridgehead atoms. The van der Waals surface area contributed by atoms with Gasteiger partial charge in [0.25, 0.3) is 0 Å². The van der Waals surface area contributed by atoms with Crippen LogP contribution in [0.4, 0.5) is 5.69 Å². The number of ether oxygens (including phenoxy) is 1. The van der Waals surface area contributed by atoms with Crippen LogP contribution >= 0.6 is 12.2 Å². The Labute approximate surface area is 162 Å². The second-order valence-electron chi connectivity index (χ2n) is 6.13. The van der Waals surface area contributed by atoms with Crippen molar-refractivity contribution < 1.29 is 13.9 Å². The number of hydrogen-bond acceptors (Lipinski definition) is 5. The molecule has 6 nitrogen and oxygen atoms in total. The van der Waals surface area contributed by atoms with Gasteiger partial charge in [-0.1, -0.05) is 13.0 Å². The van der Waals surface area contributed by atoms with E-state index in [1.54, 1.807) is 7.11 Å². The Balaban J connectivity index is 1.84. The van der Waals surface area contributed by atoms with Gasteiger partial charge in [0.1, 0.15) is 11.3 Å². The van der Waals surface area contributed by atoms with Crippen molar-refractivity contribution in [1.82, 2.24) is 10.3 Å². The predicted octanol–water partition coefficient (Wildman–Crippen LogP) is 4.42. The van der Waals surface area contributed by atoms with E-state index in [-0.39, 0.29) is 11.0 Å². The van der Waals surface area contributed by atoms with Gasteiger partial charge in [0.2, 0.25) is 11.8 Å². The molecule has 2 aromatic carbocycles. The molecule has 0 fully saturated rings. The zero-order chi connectivity index (χ0) is 19.4. The quantitative estimate of drug-likeness (QED) is 0.635. The number of fused-ring (bicyclic) bond motifs is 1. The fourth-order valence-electron chi connectivity index (χ4n) is 2.62. The summed E-state index contributed by atoms with van der Waals surface area (Å²) in [6.07, 6.45) is 1.21.